The van der Waals surface area contributed by atoms with Crippen LogP contribution in [0.3, 0.4) is 0 Å². The van der Waals surface area contributed by atoms with E-state index in [1.54, 1.807) is 24.3 Å². The first-order chi connectivity index (χ1) is 12.4. The normalized spacial score (nSPS) is 15.4. The lowest BCUT2D eigenvalue weighted by Gasteiger charge is -2.22. The fraction of sp³-hybridized carbons (Fsp3) is 0.316. The highest BCUT2D eigenvalue weighted by molar-refractivity contribution is 7.92. The van der Waals surface area contributed by atoms with Gasteiger partial charge in [0.1, 0.15) is 0 Å². The fourth-order valence-corrected chi connectivity index (χ4v) is 4.22. The number of hydrogen-bond donors (Lipinski definition) is 2. The lowest BCUT2D eigenvalue weighted by molar-refractivity contribution is 0.0927. The molecule has 0 saturated heterocycles. The van der Waals surface area contributed by atoms with Crippen LogP contribution in [0.1, 0.15) is 42.5 Å². The summed E-state index contributed by atoms with van der Waals surface area (Å²) >= 11 is 5.79. The molecule has 2 aromatic rings. The maximum atomic E-state index is 12.4. The van der Waals surface area contributed by atoms with Crippen molar-refractivity contribution in [2.75, 3.05) is 4.72 Å². The van der Waals surface area contributed by atoms with E-state index in [-0.39, 0.29) is 16.8 Å². The molecule has 0 aliphatic heterocycles. The Kier molecular flexibility index (Phi) is 5.84. The second kappa shape index (κ2) is 8.10. The second-order valence-electron chi connectivity index (χ2n) is 6.45. The van der Waals surface area contributed by atoms with Gasteiger partial charge in [-0.1, -0.05) is 30.9 Å². The van der Waals surface area contributed by atoms with Crippen LogP contribution in [-0.2, 0) is 10.0 Å². The van der Waals surface area contributed by atoms with Crippen LogP contribution in [0.4, 0.5) is 5.69 Å². The summed E-state index contributed by atoms with van der Waals surface area (Å²) in [5.74, 6) is -0.121. The molecule has 0 heterocycles. The molecule has 1 aliphatic rings. The van der Waals surface area contributed by atoms with Gasteiger partial charge < -0.3 is 5.32 Å². The summed E-state index contributed by atoms with van der Waals surface area (Å²) in [6, 6.07) is 12.6. The molecular formula is C19H21ClN2O3S. The Hall–Kier alpha value is -2.05. The summed E-state index contributed by atoms with van der Waals surface area (Å²) in [6.07, 6.45) is 5.57. The number of carbonyl (C=O) groups is 1. The fourth-order valence-electron chi connectivity index (χ4n) is 3.03. The molecule has 138 valence electrons. The Morgan fingerprint density at radius 2 is 1.54 bits per heavy atom. The maximum absolute atomic E-state index is 12.4. The number of hydrogen-bond acceptors (Lipinski definition) is 3. The monoisotopic (exact) mass is 392 g/mol. The Morgan fingerprint density at radius 1 is 0.923 bits per heavy atom. The minimum absolute atomic E-state index is 0.121. The van der Waals surface area contributed by atoms with E-state index in [0.29, 0.717) is 16.3 Å². The number of carbonyl (C=O) groups excluding carboxylic acids is 1. The summed E-state index contributed by atoms with van der Waals surface area (Å²) < 4.78 is 27.2. The van der Waals surface area contributed by atoms with Crippen LogP contribution in [0.15, 0.2) is 53.4 Å². The van der Waals surface area contributed by atoms with Crippen molar-refractivity contribution in [1.29, 1.82) is 0 Å². The van der Waals surface area contributed by atoms with Crippen molar-refractivity contribution < 1.29 is 13.2 Å². The Labute approximate surface area is 158 Å². The molecule has 0 bridgehead atoms. The average molecular weight is 393 g/mol. The van der Waals surface area contributed by atoms with E-state index in [2.05, 4.69) is 10.0 Å². The first-order valence-corrected chi connectivity index (χ1v) is 10.5. The summed E-state index contributed by atoms with van der Waals surface area (Å²) in [7, 11) is -3.70. The number of amides is 1. The molecule has 1 saturated carbocycles. The first kappa shape index (κ1) is 18.7. The third-order valence-corrected chi connectivity index (χ3v) is 6.11. The molecule has 1 aliphatic carbocycles. The molecular weight excluding hydrogens is 372 g/mol. The maximum Gasteiger partial charge on any atom is 0.261 e. The molecule has 1 amide bonds. The molecule has 2 N–H and O–H groups in total. The standard InChI is InChI=1S/C19H21ClN2O3S/c20-15-8-12-18(13-9-15)26(24,25)22-17-10-6-14(7-11-17)19(23)21-16-4-2-1-3-5-16/h6-13,16,22H,1-5H2,(H,21,23). The molecule has 0 unspecified atom stereocenters. The number of rotatable bonds is 5. The summed E-state index contributed by atoms with van der Waals surface area (Å²) in [5, 5.41) is 3.51. The van der Waals surface area contributed by atoms with Crippen LogP contribution in [0.5, 0.6) is 0 Å². The molecule has 0 aromatic heterocycles. The zero-order valence-electron chi connectivity index (χ0n) is 14.2. The molecule has 2 aromatic carbocycles. The molecule has 0 radical (unpaired) electrons. The zero-order valence-corrected chi connectivity index (χ0v) is 15.8. The first-order valence-electron chi connectivity index (χ1n) is 8.63. The van der Waals surface area contributed by atoms with Gasteiger partial charge in [-0.15, -0.1) is 0 Å². The van der Waals surface area contributed by atoms with Crippen molar-refractivity contribution in [2.45, 2.75) is 43.0 Å². The second-order valence-corrected chi connectivity index (χ2v) is 8.56. The highest BCUT2D eigenvalue weighted by Gasteiger charge is 2.17. The van der Waals surface area contributed by atoms with Crippen LogP contribution < -0.4 is 10.0 Å². The molecule has 3 rings (SSSR count). The van der Waals surface area contributed by atoms with E-state index < -0.39 is 10.0 Å². The predicted molar refractivity (Wildman–Crippen MR) is 103 cm³/mol. The predicted octanol–water partition coefficient (Wildman–Crippen LogP) is 4.20. The van der Waals surface area contributed by atoms with E-state index in [4.69, 9.17) is 11.6 Å². The van der Waals surface area contributed by atoms with Crippen molar-refractivity contribution in [3.8, 4) is 0 Å². The van der Waals surface area contributed by atoms with Gasteiger partial charge >= 0.3 is 0 Å². The molecule has 7 heteroatoms. The third kappa shape index (κ3) is 4.77. The molecule has 0 atom stereocenters. The number of nitrogens with one attached hydrogen (secondary N) is 2. The van der Waals surface area contributed by atoms with Gasteiger partial charge in [-0.05, 0) is 61.4 Å². The Morgan fingerprint density at radius 3 is 2.15 bits per heavy atom. The highest BCUT2D eigenvalue weighted by Crippen LogP contribution is 2.20. The number of anilines is 1. The van der Waals surface area contributed by atoms with Gasteiger partial charge in [-0.25, -0.2) is 8.42 Å². The topological polar surface area (TPSA) is 75.3 Å². The smallest absolute Gasteiger partial charge is 0.261 e. The van der Waals surface area contributed by atoms with Crippen LogP contribution >= 0.6 is 11.6 Å². The molecule has 26 heavy (non-hydrogen) atoms. The lowest BCUT2D eigenvalue weighted by Crippen LogP contribution is -2.36. The summed E-state index contributed by atoms with van der Waals surface area (Å²) in [6.45, 7) is 0. The SMILES string of the molecule is O=C(NC1CCCCC1)c1ccc(NS(=O)(=O)c2ccc(Cl)cc2)cc1. The molecule has 5 nitrogen and oxygen atoms in total. The third-order valence-electron chi connectivity index (χ3n) is 4.46. The summed E-state index contributed by atoms with van der Waals surface area (Å²) in [5.41, 5.74) is 0.916. The highest BCUT2D eigenvalue weighted by atomic mass is 35.5. The van der Waals surface area contributed by atoms with Crippen LogP contribution in [-0.4, -0.2) is 20.4 Å². The van der Waals surface area contributed by atoms with E-state index >= 15 is 0 Å². The van der Waals surface area contributed by atoms with Gasteiger partial charge in [0.25, 0.3) is 15.9 Å². The van der Waals surface area contributed by atoms with Gasteiger partial charge in [-0.2, -0.15) is 0 Å². The van der Waals surface area contributed by atoms with E-state index in [9.17, 15) is 13.2 Å². The van der Waals surface area contributed by atoms with Crippen molar-refractivity contribution in [1.82, 2.24) is 5.32 Å². The van der Waals surface area contributed by atoms with Gasteiger partial charge in [0.2, 0.25) is 0 Å². The minimum atomic E-state index is -3.70. The molecule has 1 fully saturated rings. The van der Waals surface area contributed by atoms with E-state index in [0.717, 1.165) is 25.7 Å². The molecule has 0 spiro atoms. The Bertz CT molecular complexity index is 859. The van der Waals surface area contributed by atoms with Gasteiger partial charge in [0.15, 0.2) is 0 Å². The Balaban J connectivity index is 1.65. The lowest BCUT2D eigenvalue weighted by atomic mass is 9.95. The van der Waals surface area contributed by atoms with Crippen molar-refractivity contribution >= 4 is 33.2 Å². The van der Waals surface area contributed by atoms with Crippen LogP contribution in [0.2, 0.25) is 5.02 Å². The van der Waals surface area contributed by atoms with Crippen molar-refractivity contribution in [2.24, 2.45) is 0 Å². The van der Waals surface area contributed by atoms with Crippen molar-refractivity contribution in [3.63, 3.8) is 0 Å². The van der Waals surface area contributed by atoms with Gasteiger partial charge in [0.05, 0.1) is 4.90 Å². The number of benzene rings is 2. The van der Waals surface area contributed by atoms with Crippen LogP contribution in [0.25, 0.3) is 0 Å². The number of sulfonamides is 1. The minimum Gasteiger partial charge on any atom is -0.349 e. The average Bonchev–Trinajstić information content (AvgIpc) is 2.63. The van der Waals surface area contributed by atoms with Crippen LogP contribution in [0, 0.1) is 0 Å². The van der Waals surface area contributed by atoms with Gasteiger partial charge in [0, 0.05) is 22.3 Å². The van der Waals surface area contributed by atoms with Crippen molar-refractivity contribution in [3.05, 3.63) is 59.1 Å². The number of halogens is 1. The zero-order chi connectivity index (χ0) is 18.6. The summed E-state index contributed by atoms with van der Waals surface area (Å²) in [4.78, 5) is 12.4. The van der Waals surface area contributed by atoms with Gasteiger partial charge in [-0.3, -0.25) is 9.52 Å². The van der Waals surface area contributed by atoms with E-state index in [1.807, 2.05) is 0 Å². The quantitative estimate of drug-likeness (QED) is 0.800. The van der Waals surface area contributed by atoms with E-state index in [1.165, 1.54) is 30.7 Å². The largest absolute Gasteiger partial charge is 0.349 e.